The number of hydrogen-bond donors (Lipinski definition) is 6. The number of nitrogens with zero attached hydrogens (tertiary/aromatic N) is 1. The lowest BCUT2D eigenvalue weighted by Gasteiger charge is -2.39. The first-order chi connectivity index (χ1) is 13.9. The van der Waals surface area contributed by atoms with E-state index in [0.717, 1.165) is 0 Å². The molecule has 1 amide bonds. The summed E-state index contributed by atoms with van der Waals surface area (Å²) in [5, 5.41) is 44.3. The molecule has 29 heavy (non-hydrogen) atoms. The highest BCUT2D eigenvalue weighted by molar-refractivity contribution is 7.12. The molecule has 6 N–H and O–H groups in total. The Labute approximate surface area is 173 Å². The van der Waals surface area contributed by atoms with Gasteiger partial charge in [0.15, 0.2) is 0 Å². The Balaban J connectivity index is 1.58. The number of H-pyrrole nitrogens is 1. The fourth-order valence-electron chi connectivity index (χ4n) is 3.21. The molecule has 154 valence electrons. The number of nitrogens with one attached hydrogen (secondary N) is 2. The number of halogens is 1. The van der Waals surface area contributed by atoms with Crippen LogP contribution in [0.25, 0.3) is 11.0 Å². The lowest BCUT2D eigenvalue weighted by Crippen LogP contribution is -2.55. The largest absolute Gasteiger partial charge is 0.394 e. The number of aliphatic hydroxyl groups is 4. The highest BCUT2D eigenvalue weighted by Crippen LogP contribution is 2.32. The Morgan fingerprint density at radius 1 is 1.24 bits per heavy atom. The Kier molecular flexibility index (Phi) is 5.58. The number of imidazole rings is 1. The predicted octanol–water partition coefficient (Wildman–Crippen LogP) is 1.04. The van der Waals surface area contributed by atoms with Crippen LogP contribution in [0.4, 0.5) is 5.69 Å². The number of thiophene rings is 1. The molecule has 0 spiro atoms. The number of amides is 1. The van der Waals surface area contributed by atoms with Gasteiger partial charge in [-0.3, -0.25) is 4.79 Å². The number of benzene rings is 1. The van der Waals surface area contributed by atoms with E-state index in [4.69, 9.17) is 16.3 Å². The highest BCUT2D eigenvalue weighted by Gasteiger charge is 2.45. The zero-order valence-corrected chi connectivity index (χ0v) is 16.4. The molecule has 9 nitrogen and oxygen atoms in total. The number of aliphatic hydroxyl groups excluding tert-OH is 4. The third-order valence-corrected chi connectivity index (χ3v) is 6.08. The minimum absolute atomic E-state index is 0.224. The summed E-state index contributed by atoms with van der Waals surface area (Å²) in [6.07, 6.45) is -6.47. The smallest absolute Gasteiger partial charge is 0.267 e. The van der Waals surface area contributed by atoms with Crippen LogP contribution in [0.5, 0.6) is 0 Å². The van der Waals surface area contributed by atoms with Crippen LogP contribution in [-0.4, -0.2) is 67.3 Å². The first-order valence-electron chi connectivity index (χ1n) is 8.73. The van der Waals surface area contributed by atoms with Crippen molar-refractivity contribution < 1.29 is 30.0 Å². The summed E-state index contributed by atoms with van der Waals surface area (Å²) in [6.45, 7) is -0.525. The van der Waals surface area contributed by atoms with Crippen LogP contribution in [0.15, 0.2) is 29.6 Å². The molecular formula is C18H18ClN3O6S. The monoisotopic (exact) mass is 439 g/mol. The number of fused-ring (bicyclic) bond motifs is 1. The number of carbonyl (C=O) groups excluding carboxylic acids is 1. The second kappa shape index (κ2) is 8.00. The Hall–Kier alpha value is -2.05. The molecule has 3 heterocycles. The van der Waals surface area contributed by atoms with Crippen molar-refractivity contribution >= 4 is 45.6 Å². The highest BCUT2D eigenvalue weighted by atomic mass is 35.5. The topological polar surface area (TPSA) is 148 Å². The van der Waals surface area contributed by atoms with Gasteiger partial charge in [0, 0.05) is 5.69 Å². The number of carbonyl (C=O) groups is 1. The van der Waals surface area contributed by atoms with Crippen LogP contribution in [0.1, 0.15) is 21.6 Å². The molecule has 1 aliphatic heterocycles. The van der Waals surface area contributed by atoms with Crippen molar-refractivity contribution in [1.82, 2.24) is 9.97 Å². The van der Waals surface area contributed by atoms with E-state index in [1.807, 2.05) is 0 Å². The maximum Gasteiger partial charge on any atom is 0.267 e. The van der Waals surface area contributed by atoms with Crippen molar-refractivity contribution in [3.8, 4) is 0 Å². The molecule has 1 aliphatic rings. The van der Waals surface area contributed by atoms with E-state index in [-0.39, 0.29) is 11.7 Å². The SMILES string of the molecule is O=C(Nc1ccc2nc([C@@H]3O[C@H](CO)[C@@H](O)[C@H](O)[C@H]3O)[nH]c2c1)c1sccc1Cl. The fourth-order valence-corrected chi connectivity index (χ4v) is 4.25. The van der Waals surface area contributed by atoms with Gasteiger partial charge in [-0.1, -0.05) is 11.6 Å². The molecular weight excluding hydrogens is 422 g/mol. The lowest BCUT2D eigenvalue weighted by molar-refractivity contribution is -0.233. The zero-order chi connectivity index (χ0) is 20.7. The summed E-state index contributed by atoms with van der Waals surface area (Å²) >= 11 is 7.22. The molecule has 0 unspecified atom stereocenters. The molecule has 5 atom stereocenters. The lowest BCUT2D eigenvalue weighted by atomic mass is 9.95. The van der Waals surface area contributed by atoms with Gasteiger partial charge in [-0.25, -0.2) is 4.98 Å². The van der Waals surface area contributed by atoms with Crippen molar-refractivity contribution in [3.05, 3.63) is 45.4 Å². The summed E-state index contributed by atoms with van der Waals surface area (Å²) in [5.74, 6) is -0.111. The van der Waals surface area contributed by atoms with Crippen molar-refractivity contribution in [2.45, 2.75) is 30.5 Å². The van der Waals surface area contributed by atoms with Crippen LogP contribution >= 0.6 is 22.9 Å². The summed E-state index contributed by atoms with van der Waals surface area (Å²) in [4.78, 5) is 20.1. The second-order valence-electron chi connectivity index (χ2n) is 6.66. The summed E-state index contributed by atoms with van der Waals surface area (Å²) in [6, 6.07) is 6.64. The molecule has 0 aliphatic carbocycles. The van der Waals surface area contributed by atoms with Gasteiger partial charge < -0.3 is 35.5 Å². The van der Waals surface area contributed by atoms with Gasteiger partial charge >= 0.3 is 0 Å². The van der Waals surface area contributed by atoms with Gasteiger partial charge in [-0.15, -0.1) is 11.3 Å². The molecule has 11 heteroatoms. The minimum Gasteiger partial charge on any atom is -0.394 e. The predicted molar refractivity (Wildman–Crippen MR) is 106 cm³/mol. The third kappa shape index (κ3) is 3.76. The normalized spacial score (nSPS) is 27.3. The van der Waals surface area contributed by atoms with E-state index in [1.165, 1.54) is 11.3 Å². The number of ether oxygens (including phenoxy) is 1. The maximum atomic E-state index is 12.3. The summed E-state index contributed by atoms with van der Waals surface area (Å²) in [5.41, 5.74) is 1.62. The quantitative estimate of drug-likeness (QED) is 0.356. The van der Waals surface area contributed by atoms with E-state index >= 15 is 0 Å². The van der Waals surface area contributed by atoms with Gasteiger partial charge in [-0.2, -0.15) is 0 Å². The number of aromatic nitrogens is 2. The van der Waals surface area contributed by atoms with Crippen molar-refractivity contribution in [2.75, 3.05) is 11.9 Å². The van der Waals surface area contributed by atoms with Crippen LogP contribution in [-0.2, 0) is 4.74 Å². The number of rotatable bonds is 4. The molecule has 3 aromatic rings. The molecule has 2 aromatic heterocycles. The summed E-state index contributed by atoms with van der Waals surface area (Å²) < 4.78 is 5.52. The van der Waals surface area contributed by atoms with Gasteiger partial charge in [0.1, 0.15) is 41.2 Å². The second-order valence-corrected chi connectivity index (χ2v) is 7.98. The van der Waals surface area contributed by atoms with Crippen molar-refractivity contribution in [3.63, 3.8) is 0 Å². The zero-order valence-electron chi connectivity index (χ0n) is 14.8. The van der Waals surface area contributed by atoms with E-state index < -0.39 is 37.1 Å². The standard InChI is InChI=1S/C18H18ClN3O6S/c19-8-3-4-29-16(8)18(27)20-7-1-2-9-10(5-7)22-17(21-9)15-14(26)13(25)12(24)11(6-23)28-15/h1-5,11-15,23-26H,6H2,(H,20,27)(H,21,22)/t11-,12-,13+,14-,15-/m1/s1. The first-order valence-corrected chi connectivity index (χ1v) is 9.99. The van der Waals surface area contributed by atoms with Crippen LogP contribution in [0, 0.1) is 0 Å². The first kappa shape index (κ1) is 20.2. The molecule has 0 bridgehead atoms. The van der Waals surface area contributed by atoms with Crippen molar-refractivity contribution in [1.29, 1.82) is 0 Å². The van der Waals surface area contributed by atoms with Gasteiger partial charge in [0.05, 0.1) is 22.7 Å². The molecule has 1 fully saturated rings. The average Bonchev–Trinajstić information content (AvgIpc) is 3.32. The van der Waals surface area contributed by atoms with E-state index in [1.54, 1.807) is 29.6 Å². The molecule has 0 radical (unpaired) electrons. The van der Waals surface area contributed by atoms with Crippen LogP contribution in [0.3, 0.4) is 0 Å². The molecule has 4 rings (SSSR count). The maximum absolute atomic E-state index is 12.3. The molecule has 1 aromatic carbocycles. The van der Waals surface area contributed by atoms with Crippen LogP contribution in [0.2, 0.25) is 5.02 Å². The number of anilines is 1. The van der Waals surface area contributed by atoms with E-state index in [9.17, 15) is 25.2 Å². The van der Waals surface area contributed by atoms with Gasteiger partial charge in [0.2, 0.25) is 0 Å². The minimum atomic E-state index is -1.50. The Morgan fingerprint density at radius 2 is 2.03 bits per heavy atom. The summed E-state index contributed by atoms with van der Waals surface area (Å²) in [7, 11) is 0. The van der Waals surface area contributed by atoms with E-state index in [2.05, 4.69) is 15.3 Å². The van der Waals surface area contributed by atoms with Crippen LogP contribution < -0.4 is 5.32 Å². The number of aromatic amines is 1. The number of hydrogen-bond acceptors (Lipinski definition) is 8. The van der Waals surface area contributed by atoms with E-state index in [0.29, 0.717) is 26.6 Å². The average molecular weight is 440 g/mol. The van der Waals surface area contributed by atoms with Crippen molar-refractivity contribution in [2.24, 2.45) is 0 Å². The Morgan fingerprint density at radius 3 is 2.72 bits per heavy atom. The fraction of sp³-hybridized carbons (Fsp3) is 0.333. The third-order valence-electron chi connectivity index (χ3n) is 4.74. The molecule has 1 saturated heterocycles. The van der Waals surface area contributed by atoms with Gasteiger partial charge in [-0.05, 0) is 29.6 Å². The van der Waals surface area contributed by atoms with Gasteiger partial charge in [0.25, 0.3) is 5.91 Å². The molecule has 0 saturated carbocycles. The Bertz CT molecular complexity index is 1040.